The molecule has 6 heteroatoms. The van der Waals surface area contributed by atoms with Gasteiger partial charge in [0.1, 0.15) is 6.04 Å². The van der Waals surface area contributed by atoms with E-state index in [0.29, 0.717) is 12.6 Å². The van der Waals surface area contributed by atoms with Gasteiger partial charge in [-0.3, -0.25) is 14.9 Å². The highest BCUT2D eigenvalue weighted by Gasteiger charge is 2.33. The molecule has 2 aliphatic rings. The van der Waals surface area contributed by atoms with Crippen molar-refractivity contribution in [2.75, 3.05) is 40.3 Å². The summed E-state index contributed by atoms with van der Waals surface area (Å²) < 4.78 is 0. The number of nitrogens with one attached hydrogen (secondary N) is 2. The molecule has 2 N–H and O–H groups in total. The quantitative estimate of drug-likeness (QED) is 0.600. The van der Waals surface area contributed by atoms with E-state index in [1.165, 1.54) is 0 Å². The molecule has 0 radical (unpaired) electrons. The smallest absolute Gasteiger partial charge is 0.241 e. The third kappa shape index (κ3) is 2.76. The van der Waals surface area contributed by atoms with Gasteiger partial charge in [0.2, 0.25) is 11.8 Å². The van der Waals surface area contributed by atoms with E-state index in [2.05, 4.69) is 15.5 Å². The van der Waals surface area contributed by atoms with Gasteiger partial charge in [0.05, 0.1) is 6.54 Å². The Kier molecular flexibility index (Phi) is 3.63. The lowest BCUT2D eigenvalue weighted by Gasteiger charge is -2.28. The molecule has 2 fully saturated rings. The van der Waals surface area contributed by atoms with Crippen molar-refractivity contribution in [2.24, 2.45) is 0 Å². The van der Waals surface area contributed by atoms with E-state index in [1.807, 2.05) is 19.0 Å². The standard InChI is InChI=1S/C11H20N4O2/c1-14(2)8-3-4-15(7-8)11(17)9-5-13-10(16)6-12-9/h8-9,12H,3-7H2,1-2H3,(H,13,16). The molecule has 2 rings (SSSR count). The highest BCUT2D eigenvalue weighted by Crippen LogP contribution is 2.14. The van der Waals surface area contributed by atoms with Gasteiger partial charge in [0.25, 0.3) is 0 Å². The molecule has 2 aliphatic heterocycles. The van der Waals surface area contributed by atoms with Crippen molar-refractivity contribution in [1.29, 1.82) is 0 Å². The minimum Gasteiger partial charge on any atom is -0.353 e. The second-order valence-electron chi connectivity index (χ2n) is 4.93. The lowest BCUT2D eigenvalue weighted by atomic mass is 10.2. The first-order valence-corrected chi connectivity index (χ1v) is 6.03. The second kappa shape index (κ2) is 5.01. The third-order valence-corrected chi connectivity index (χ3v) is 3.52. The Morgan fingerprint density at radius 2 is 2.24 bits per heavy atom. The van der Waals surface area contributed by atoms with Crippen LogP contribution >= 0.6 is 0 Å². The largest absolute Gasteiger partial charge is 0.353 e. The third-order valence-electron chi connectivity index (χ3n) is 3.52. The van der Waals surface area contributed by atoms with Crippen LogP contribution in [0.4, 0.5) is 0 Å². The Labute approximate surface area is 101 Å². The van der Waals surface area contributed by atoms with E-state index in [0.717, 1.165) is 19.5 Å². The van der Waals surface area contributed by atoms with Gasteiger partial charge < -0.3 is 15.1 Å². The molecule has 96 valence electrons. The Morgan fingerprint density at radius 1 is 1.47 bits per heavy atom. The van der Waals surface area contributed by atoms with E-state index in [-0.39, 0.29) is 24.4 Å². The summed E-state index contributed by atoms with van der Waals surface area (Å²) >= 11 is 0. The number of amides is 2. The number of rotatable bonds is 2. The number of hydrogen-bond acceptors (Lipinski definition) is 4. The van der Waals surface area contributed by atoms with Crippen molar-refractivity contribution in [3.8, 4) is 0 Å². The normalized spacial score (nSPS) is 29.6. The molecule has 0 bridgehead atoms. The van der Waals surface area contributed by atoms with Crippen LogP contribution in [-0.2, 0) is 9.59 Å². The van der Waals surface area contributed by atoms with Crippen molar-refractivity contribution >= 4 is 11.8 Å². The Hall–Kier alpha value is -1.14. The molecule has 0 spiro atoms. The lowest BCUT2D eigenvalue weighted by molar-refractivity contribution is -0.134. The Bertz CT molecular complexity index is 309. The summed E-state index contributed by atoms with van der Waals surface area (Å²) in [4.78, 5) is 27.2. The maximum absolute atomic E-state index is 12.2. The topological polar surface area (TPSA) is 64.7 Å². The maximum atomic E-state index is 12.2. The molecule has 0 aromatic carbocycles. The minimum atomic E-state index is -0.256. The van der Waals surface area contributed by atoms with E-state index >= 15 is 0 Å². The first kappa shape index (κ1) is 12.3. The van der Waals surface area contributed by atoms with Crippen molar-refractivity contribution in [3.63, 3.8) is 0 Å². The Balaban J connectivity index is 1.86. The maximum Gasteiger partial charge on any atom is 0.241 e. The first-order valence-electron chi connectivity index (χ1n) is 6.03. The fraction of sp³-hybridized carbons (Fsp3) is 0.818. The average Bonchev–Trinajstić information content (AvgIpc) is 2.78. The zero-order valence-electron chi connectivity index (χ0n) is 10.4. The predicted molar refractivity (Wildman–Crippen MR) is 63.5 cm³/mol. The van der Waals surface area contributed by atoms with Crippen LogP contribution in [0.2, 0.25) is 0 Å². The van der Waals surface area contributed by atoms with Crippen LogP contribution in [0.3, 0.4) is 0 Å². The fourth-order valence-corrected chi connectivity index (χ4v) is 2.32. The van der Waals surface area contributed by atoms with Crippen LogP contribution in [0.1, 0.15) is 6.42 Å². The van der Waals surface area contributed by atoms with E-state index < -0.39 is 0 Å². The number of nitrogens with zero attached hydrogens (tertiary/aromatic N) is 2. The molecule has 17 heavy (non-hydrogen) atoms. The Morgan fingerprint density at radius 3 is 2.76 bits per heavy atom. The van der Waals surface area contributed by atoms with E-state index in [1.54, 1.807) is 0 Å². The van der Waals surface area contributed by atoms with Crippen LogP contribution in [0.5, 0.6) is 0 Å². The number of carbonyl (C=O) groups excluding carboxylic acids is 2. The van der Waals surface area contributed by atoms with Gasteiger partial charge in [0.15, 0.2) is 0 Å². The number of piperazine rings is 1. The van der Waals surface area contributed by atoms with Crippen molar-refractivity contribution in [3.05, 3.63) is 0 Å². The van der Waals surface area contributed by atoms with Gasteiger partial charge in [-0.05, 0) is 20.5 Å². The molecular weight excluding hydrogens is 220 g/mol. The molecule has 2 heterocycles. The van der Waals surface area contributed by atoms with Gasteiger partial charge >= 0.3 is 0 Å². The zero-order chi connectivity index (χ0) is 12.4. The van der Waals surface area contributed by atoms with Gasteiger partial charge in [-0.1, -0.05) is 0 Å². The van der Waals surface area contributed by atoms with Crippen molar-refractivity contribution < 1.29 is 9.59 Å². The van der Waals surface area contributed by atoms with Gasteiger partial charge in [-0.15, -0.1) is 0 Å². The van der Waals surface area contributed by atoms with Crippen molar-refractivity contribution in [2.45, 2.75) is 18.5 Å². The molecule has 0 aliphatic carbocycles. The molecule has 2 atom stereocenters. The monoisotopic (exact) mass is 240 g/mol. The number of likely N-dealkylation sites (N-methyl/N-ethyl adjacent to an activating group) is 1. The average molecular weight is 240 g/mol. The number of carbonyl (C=O) groups is 2. The first-order chi connectivity index (χ1) is 8.08. The van der Waals surface area contributed by atoms with E-state index in [4.69, 9.17) is 0 Å². The summed E-state index contributed by atoms with van der Waals surface area (Å²) in [6.45, 7) is 2.24. The molecule has 6 nitrogen and oxygen atoms in total. The van der Waals surface area contributed by atoms with Crippen LogP contribution in [0.15, 0.2) is 0 Å². The van der Waals surface area contributed by atoms with Gasteiger partial charge in [-0.2, -0.15) is 0 Å². The van der Waals surface area contributed by atoms with Crippen LogP contribution in [-0.4, -0.2) is 74.0 Å². The van der Waals surface area contributed by atoms with E-state index in [9.17, 15) is 9.59 Å². The summed E-state index contributed by atoms with van der Waals surface area (Å²) in [7, 11) is 4.08. The summed E-state index contributed by atoms with van der Waals surface area (Å²) in [5.41, 5.74) is 0. The van der Waals surface area contributed by atoms with Gasteiger partial charge in [0, 0.05) is 25.7 Å². The fourth-order valence-electron chi connectivity index (χ4n) is 2.32. The molecule has 0 saturated carbocycles. The predicted octanol–water partition coefficient (Wildman–Crippen LogP) is -1.76. The zero-order valence-corrected chi connectivity index (χ0v) is 10.4. The molecule has 2 amide bonds. The SMILES string of the molecule is CN(C)C1CCN(C(=O)C2CNC(=O)CN2)C1. The van der Waals surface area contributed by atoms with Crippen molar-refractivity contribution in [1.82, 2.24) is 20.4 Å². The summed E-state index contributed by atoms with van der Waals surface area (Å²) in [5.74, 6) is 0.0657. The molecule has 2 saturated heterocycles. The highest BCUT2D eigenvalue weighted by molar-refractivity contribution is 5.87. The number of likely N-dealkylation sites (tertiary alicyclic amines) is 1. The van der Waals surface area contributed by atoms with Crippen LogP contribution in [0, 0.1) is 0 Å². The van der Waals surface area contributed by atoms with Gasteiger partial charge in [-0.25, -0.2) is 0 Å². The number of hydrogen-bond donors (Lipinski definition) is 2. The summed E-state index contributed by atoms with van der Waals surface area (Å²) in [5, 5.41) is 5.68. The molecule has 2 unspecified atom stereocenters. The lowest BCUT2D eigenvalue weighted by Crippen LogP contribution is -2.58. The molecule has 0 aromatic heterocycles. The van der Waals surface area contributed by atoms with Crippen LogP contribution in [0.25, 0.3) is 0 Å². The highest BCUT2D eigenvalue weighted by atomic mass is 16.2. The molecule has 0 aromatic rings. The summed E-state index contributed by atoms with van der Waals surface area (Å²) in [6.07, 6.45) is 1.03. The second-order valence-corrected chi connectivity index (χ2v) is 4.93. The molecular formula is C11H20N4O2. The minimum absolute atomic E-state index is 0.0401. The van der Waals surface area contributed by atoms with Crippen LogP contribution < -0.4 is 10.6 Å². The summed E-state index contributed by atoms with van der Waals surface area (Å²) in [6, 6.07) is 0.200.